The van der Waals surface area contributed by atoms with Crippen molar-refractivity contribution in [3.05, 3.63) is 17.5 Å². The topological polar surface area (TPSA) is 62.3 Å². The number of nitrogens with zero attached hydrogens (tertiary/aromatic N) is 3. The van der Waals surface area contributed by atoms with E-state index in [-0.39, 0.29) is 5.60 Å². The van der Waals surface area contributed by atoms with Crippen molar-refractivity contribution in [3.8, 4) is 0 Å². The average molecular weight is 289 g/mol. The molecule has 1 aliphatic heterocycles. The van der Waals surface area contributed by atoms with Crippen LogP contribution in [-0.4, -0.2) is 27.4 Å². The Hall–Kier alpha value is -1.24. The van der Waals surface area contributed by atoms with Gasteiger partial charge in [0.05, 0.1) is 0 Å². The first-order valence-corrected chi connectivity index (χ1v) is 7.94. The van der Waals surface area contributed by atoms with E-state index in [1.165, 1.54) is 32.1 Å². The van der Waals surface area contributed by atoms with Crippen LogP contribution in [0.5, 0.6) is 0 Å². The van der Waals surface area contributed by atoms with Crippen LogP contribution in [0.4, 0.5) is 5.95 Å². The van der Waals surface area contributed by atoms with E-state index >= 15 is 0 Å². The average Bonchev–Trinajstić information content (AvgIpc) is 2.87. The normalized spacial score (nSPS) is 35.5. The molecule has 2 bridgehead atoms. The smallest absolute Gasteiger partial charge is 0.240 e. The first-order valence-electron chi connectivity index (χ1n) is 7.94. The third-order valence-electron chi connectivity index (χ3n) is 5.45. The van der Waals surface area contributed by atoms with Gasteiger partial charge in [-0.1, -0.05) is 0 Å². The van der Waals surface area contributed by atoms with E-state index in [9.17, 15) is 0 Å². The molecule has 1 aromatic rings. The van der Waals surface area contributed by atoms with E-state index in [2.05, 4.69) is 20.8 Å². The number of hydrazine groups is 2. The van der Waals surface area contributed by atoms with Crippen LogP contribution in [-0.2, 0) is 4.84 Å². The van der Waals surface area contributed by atoms with Gasteiger partial charge in [-0.2, -0.15) is 0 Å². The molecule has 3 aliphatic carbocycles. The summed E-state index contributed by atoms with van der Waals surface area (Å²) in [5.74, 6) is 2.10. The maximum atomic E-state index is 6.23. The summed E-state index contributed by atoms with van der Waals surface area (Å²) in [7, 11) is 0. The second kappa shape index (κ2) is 4.90. The minimum atomic E-state index is -0.0199. The Labute approximate surface area is 125 Å². The van der Waals surface area contributed by atoms with Crippen molar-refractivity contribution in [2.75, 3.05) is 12.0 Å². The molecule has 21 heavy (non-hydrogen) atoms. The Kier molecular flexibility index (Phi) is 3.13. The Morgan fingerprint density at radius 3 is 2.81 bits per heavy atom. The van der Waals surface area contributed by atoms with Crippen molar-refractivity contribution in [1.29, 1.82) is 0 Å². The molecular formula is C15H23N5O. The van der Waals surface area contributed by atoms with E-state index in [0.717, 1.165) is 23.7 Å². The number of nitrogens with one attached hydrogen (secondary N) is 2. The van der Waals surface area contributed by atoms with Gasteiger partial charge in [0.1, 0.15) is 5.60 Å². The lowest BCUT2D eigenvalue weighted by Gasteiger charge is -2.47. The highest BCUT2D eigenvalue weighted by molar-refractivity contribution is 5.27. The van der Waals surface area contributed by atoms with Crippen LogP contribution in [0.1, 0.15) is 43.4 Å². The van der Waals surface area contributed by atoms with Crippen molar-refractivity contribution in [2.45, 2.75) is 51.6 Å². The van der Waals surface area contributed by atoms with Gasteiger partial charge in [0, 0.05) is 18.4 Å². The molecule has 114 valence electrons. The van der Waals surface area contributed by atoms with Gasteiger partial charge in [-0.05, 0) is 68.6 Å². The zero-order valence-electron chi connectivity index (χ0n) is 12.7. The summed E-state index contributed by atoms with van der Waals surface area (Å²) in [6.07, 6.45) is 8.38. The lowest BCUT2D eigenvalue weighted by atomic mass is 9.62. The summed E-state index contributed by atoms with van der Waals surface area (Å²) in [6, 6.07) is 0. The summed E-state index contributed by atoms with van der Waals surface area (Å²) in [5, 5.41) is 1.62. The number of hydrogen-bond acceptors (Lipinski definition) is 6. The fraction of sp³-hybridized carbons (Fsp3) is 0.733. The Bertz CT molecular complexity index is 543. The van der Waals surface area contributed by atoms with Crippen molar-refractivity contribution in [2.24, 2.45) is 11.8 Å². The molecule has 4 fully saturated rings. The summed E-state index contributed by atoms with van der Waals surface area (Å²) in [6.45, 7) is 4.88. The zero-order chi connectivity index (χ0) is 14.4. The van der Waals surface area contributed by atoms with E-state index in [1.807, 2.05) is 20.0 Å². The summed E-state index contributed by atoms with van der Waals surface area (Å²) >= 11 is 0. The van der Waals surface area contributed by atoms with Crippen LogP contribution >= 0.6 is 0 Å². The highest BCUT2D eigenvalue weighted by atomic mass is 16.8. The Morgan fingerprint density at radius 2 is 2.14 bits per heavy atom. The lowest BCUT2D eigenvalue weighted by molar-refractivity contribution is -0.235. The molecule has 2 N–H and O–H groups in total. The van der Waals surface area contributed by atoms with Crippen LogP contribution in [0.25, 0.3) is 0 Å². The molecule has 0 amide bonds. The molecule has 1 spiro atoms. The van der Waals surface area contributed by atoms with Gasteiger partial charge in [0.2, 0.25) is 5.95 Å². The zero-order valence-corrected chi connectivity index (χ0v) is 12.7. The minimum absolute atomic E-state index is 0.0199. The van der Waals surface area contributed by atoms with E-state index in [0.29, 0.717) is 11.9 Å². The van der Waals surface area contributed by atoms with Crippen molar-refractivity contribution < 1.29 is 4.84 Å². The van der Waals surface area contributed by atoms with E-state index in [4.69, 9.17) is 4.84 Å². The maximum absolute atomic E-state index is 6.23. The van der Waals surface area contributed by atoms with Gasteiger partial charge in [0.25, 0.3) is 0 Å². The number of aromatic nitrogens is 2. The molecule has 1 saturated heterocycles. The Morgan fingerprint density at radius 1 is 1.33 bits per heavy atom. The molecule has 0 unspecified atom stereocenters. The third kappa shape index (κ3) is 2.31. The monoisotopic (exact) mass is 289 g/mol. The standard InChI is InChI=1S/C15H23N5O/c1-10-8-16-14(18-11(10)2)19-20-17-9-15(21-20)7-12-3-5-13(15)6-4-12/h8,12-13,17H,3-7,9H2,1-2H3,(H,16,18,19)/t12?,13?,15-/m0/s1. The second-order valence-electron chi connectivity index (χ2n) is 6.78. The van der Waals surface area contributed by atoms with Gasteiger partial charge in [0.15, 0.2) is 0 Å². The van der Waals surface area contributed by atoms with Crippen molar-refractivity contribution in [1.82, 2.24) is 20.7 Å². The van der Waals surface area contributed by atoms with Gasteiger partial charge >= 0.3 is 0 Å². The molecule has 1 atom stereocenters. The number of rotatable bonds is 2. The minimum Gasteiger partial charge on any atom is -0.257 e. The highest BCUT2D eigenvalue weighted by Crippen LogP contribution is 2.50. The van der Waals surface area contributed by atoms with Crippen LogP contribution in [0.3, 0.4) is 0 Å². The molecule has 6 nitrogen and oxygen atoms in total. The largest absolute Gasteiger partial charge is 0.257 e. The molecule has 4 aliphatic rings. The van der Waals surface area contributed by atoms with Crippen LogP contribution in [0.2, 0.25) is 0 Å². The number of aryl methyl sites for hydroxylation is 2. The van der Waals surface area contributed by atoms with E-state index < -0.39 is 0 Å². The fourth-order valence-electron chi connectivity index (χ4n) is 4.06. The summed E-state index contributed by atoms with van der Waals surface area (Å²) < 4.78 is 0. The molecule has 1 aromatic heterocycles. The first-order chi connectivity index (χ1) is 10.1. The molecule has 0 radical (unpaired) electrons. The predicted octanol–water partition coefficient (Wildman–Crippen LogP) is 2.12. The Balaban J connectivity index is 1.45. The van der Waals surface area contributed by atoms with Gasteiger partial charge in [-0.25, -0.2) is 20.8 Å². The van der Waals surface area contributed by atoms with E-state index in [1.54, 1.807) is 5.28 Å². The molecule has 0 aromatic carbocycles. The van der Waals surface area contributed by atoms with Crippen molar-refractivity contribution >= 4 is 5.95 Å². The van der Waals surface area contributed by atoms with Crippen LogP contribution in [0, 0.1) is 25.7 Å². The molecular weight excluding hydrogens is 266 g/mol. The summed E-state index contributed by atoms with van der Waals surface area (Å²) in [4.78, 5) is 15.0. The molecule has 2 heterocycles. The number of hydrogen-bond donors (Lipinski definition) is 2. The van der Waals surface area contributed by atoms with Gasteiger partial charge in [-0.15, -0.1) is 0 Å². The maximum Gasteiger partial charge on any atom is 0.240 e. The third-order valence-corrected chi connectivity index (χ3v) is 5.45. The fourth-order valence-corrected chi connectivity index (χ4v) is 4.06. The molecule has 3 saturated carbocycles. The molecule has 5 rings (SSSR count). The van der Waals surface area contributed by atoms with Crippen molar-refractivity contribution in [3.63, 3.8) is 0 Å². The molecule has 6 heteroatoms. The quantitative estimate of drug-likeness (QED) is 0.869. The van der Waals surface area contributed by atoms with Crippen LogP contribution in [0.15, 0.2) is 6.20 Å². The summed E-state index contributed by atoms with van der Waals surface area (Å²) in [5.41, 5.74) is 8.48. The number of fused-ring (bicyclic) bond motifs is 2. The lowest BCUT2D eigenvalue weighted by Crippen LogP contribution is -2.50. The first kappa shape index (κ1) is 13.4. The number of anilines is 1. The second-order valence-corrected chi connectivity index (χ2v) is 6.78. The van der Waals surface area contributed by atoms with Gasteiger partial charge < -0.3 is 0 Å². The SMILES string of the molecule is Cc1cnc(NN2NC[C@]3(CC4CCC3CC4)O2)nc1C. The predicted molar refractivity (Wildman–Crippen MR) is 78.9 cm³/mol. The van der Waals surface area contributed by atoms with Crippen LogP contribution < -0.4 is 10.9 Å². The van der Waals surface area contributed by atoms with Gasteiger partial charge in [-0.3, -0.25) is 4.84 Å². The highest BCUT2D eigenvalue weighted by Gasteiger charge is 2.52.